The number of anilines is 2. The van der Waals surface area contributed by atoms with Crippen molar-refractivity contribution in [1.29, 1.82) is 0 Å². The van der Waals surface area contributed by atoms with Crippen LogP contribution in [0.4, 0.5) is 16.2 Å². The molecule has 0 aromatic heterocycles. The lowest BCUT2D eigenvalue weighted by Gasteiger charge is -2.33. The number of carbonyl (C=O) groups is 2. The summed E-state index contributed by atoms with van der Waals surface area (Å²) in [6.07, 6.45) is 4.66. The predicted molar refractivity (Wildman–Crippen MR) is 111 cm³/mol. The average Bonchev–Trinajstić information content (AvgIpc) is 3.14. The summed E-state index contributed by atoms with van der Waals surface area (Å²) in [6, 6.07) is 14.9. The molecule has 1 unspecified atom stereocenters. The SMILES string of the molecule is Cc1cccc(NC(=O)N(C2CCCC2)C2N=Cc3ccccc3NC2=O)c1. The van der Waals surface area contributed by atoms with Crippen LogP contribution in [0.1, 0.15) is 36.8 Å². The smallest absolute Gasteiger partial charge is 0.322 e. The largest absolute Gasteiger partial charge is 0.324 e. The lowest BCUT2D eigenvalue weighted by atomic mass is 10.2. The van der Waals surface area contributed by atoms with E-state index in [0.717, 1.165) is 36.8 Å². The molecule has 2 aromatic carbocycles. The standard InChI is InChI=1S/C22H24N4O2/c1-15-7-6-9-17(13-15)24-22(28)26(18-10-3-4-11-18)20-21(27)25-19-12-5-2-8-16(19)14-23-20/h2,5-9,12-14,18,20H,3-4,10-11H2,1H3,(H,24,28)(H,25,27). The Balaban J connectivity index is 1.63. The molecule has 1 aliphatic heterocycles. The minimum Gasteiger partial charge on any atom is -0.322 e. The lowest BCUT2D eigenvalue weighted by Crippen LogP contribution is -2.52. The number of carbonyl (C=O) groups excluding carboxylic acids is 2. The van der Waals surface area contributed by atoms with E-state index in [2.05, 4.69) is 15.6 Å². The van der Waals surface area contributed by atoms with Crippen molar-refractivity contribution in [1.82, 2.24) is 4.90 Å². The molecule has 3 amide bonds. The first-order valence-electron chi connectivity index (χ1n) is 9.71. The molecule has 6 nitrogen and oxygen atoms in total. The number of amides is 3. The second-order valence-corrected chi connectivity index (χ2v) is 7.37. The van der Waals surface area contributed by atoms with E-state index >= 15 is 0 Å². The number of aryl methyl sites for hydroxylation is 1. The van der Waals surface area contributed by atoms with Gasteiger partial charge in [0.1, 0.15) is 0 Å². The van der Waals surface area contributed by atoms with E-state index in [1.807, 2.05) is 55.5 Å². The Hall–Kier alpha value is -3.15. The van der Waals surface area contributed by atoms with Crippen molar-refractivity contribution < 1.29 is 9.59 Å². The van der Waals surface area contributed by atoms with Gasteiger partial charge in [0.05, 0.1) is 0 Å². The van der Waals surface area contributed by atoms with Gasteiger partial charge in [-0.3, -0.25) is 14.7 Å². The fraction of sp³-hybridized carbons (Fsp3) is 0.318. The van der Waals surface area contributed by atoms with Crippen molar-refractivity contribution >= 4 is 29.5 Å². The number of benzodiazepines with no additional fused rings is 1. The maximum Gasteiger partial charge on any atom is 0.324 e. The van der Waals surface area contributed by atoms with Crippen LogP contribution in [0.5, 0.6) is 0 Å². The van der Waals surface area contributed by atoms with Crippen molar-refractivity contribution in [3.63, 3.8) is 0 Å². The number of hydrogen-bond donors (Lipinski definition) is 2. The minimum absolute atomic E-state index is 0.000999. The fourth-order valence-corrected chi connectivity index (χ4v) is 3.91. The second-order valence-electron chi connectivity index (χ2n) is 7.37. The van der Waals surface area contributed by atoms with Gasteiger partial charge in [-0.05, 0) is 43.5 Å². The Labute approximate surface area is 164 Å². The minimum atomic E-state index is -0.889. The van der Waals surface area contributed by atoms with Gasteiger partial charge in [-0.15, -0.1) is 0 Å². The molecule has 2 aliphatic rings. The first-order chi connectivity index (χ1) is 13.6. The Morgan fingerprint density at radius 3 is 2.71 bits per heavy atom. The van der Waals surface area contributed by atoms with Gasteiger partial charge < -0.3 is 10.6 Å². The molecule has 1 atom stereocenters. The number of aliphatic imine (C=N–C) groups is 1. The molecule has 28 heavy (non-hydrogen) atoms. The molecule has 1 aliphatic carbocycles. The molecule has 0 radical (unpaired) electrons. The Kier molecular flexibility index (Phi) is 5.10. The van der Waals surface area contributed by atoms with E-state index in [9.17, 15) is 9.59 Å². The van der Waals surface area contributed by atoms with Gasteiger partial charge >= 0.3 is 6.03 Å². The van der Waals surface area contributed by atoms with Crippen LogP contribution in [-0.4, -0.2) is 35.3 Å². The molecule has 1 saturated carbocycles. The number of benzene rings is 2. The zero-order valence-electron chi connectivity index (χ0n) is 15.9. The van der Waals surface area contributed by atoms with Crippen LogP contribution < -0.4 is 10.6 Å². The van der Waals surface area contributed by atoms with Crippen molar-refractivity contribution in [3.05, 3.63) is 59.7 Å². The second kappa shape index (κ2) is 7.84. The third-order valence-corrected chi connectivity index (χ3v) is 5.29. The van der Waals surface area contributed by atoms with E-state index < -0.39 is 6.17 Å². The number of hydrogen-bond acceptors (Lipinski definition) is 3. The Morgan fingerprint density at radius 2 is 1.93 bits per heavy atom. The summed E-state index contributed by atoms with van der Waals surface area (Å²) in [5, 5.41) is 5.87. The summed E-state index contributed by atoms with van der Waals surface area (Å²) in [5.74, 6) is -0.285. The highest BCUT2D eigenvalue weighted by Crippen LogP contribution is 2.28. The molecular weight excluding hydrogens is 352 g/mol. The van der Waals surface area contributed by atoms with Gasteiger partial charge in [0, 0.05) is 29.2 Å². The van der Waals surface area contributed by atoms with E-state index in [4.69, 9.17) is 0 Å². The zero-order valence-corrected chi connectivity index (χ0v) is 15.9. The normalized spacial score (nSPS) is 18.9. The number of fused-ring (bicyclic) bond motifs is 1. The molecule has 1 heterocycles. The maximum absolute atomic E-state index is 13.2. The highest BCUT2D eigenvalue weighted by Gasteiger charge is 2.37. The van der Waals surface area contributed by atoms with Crippen LogP contribution in [0.3, 0.4) is 0 Å². The molecule has 2 N–H and O–H groups in total. The summed E-state index contributed by atoms with van der Waals surface area (Å²) in [7, 11) is 0. The van der Waals surface area contributed by atoms with Gasteiger partial charge in [0.15, 0.2) is 0 Å². The molecule has 4 rings (SSSR count). The van der Waals surface area contributed by atoms with Gasteiger partial charge in [-0.1, -0.05) is 43.2 Å². The van der Waals surface area contributed by atoms with E-state index in [1.165, 1.54) is 0 Å². The topological polar surface area (TPSA) is 73.8 Å². The molecule has 6 heteroatoms. The van der Waals surface area contributed by atoms with Crippen LogP contribution in [-0.2, 0) is 4.79 Å². The number of nitrogens with one attached hydrogen (secondary N) is 2. The maximum atomic E-state index is 13.2. The monoisotopic (exact) mass is 376 g/mol. The van der Waals surface area contributed by atoms with Crippen molar-refractivity contribution in [2.45, 2.75) is 44.8 Å². The number of rotatable bonds is 3. The van der Waals surface area contributed by atoms with E-state index in [-0.39, 0.29) is 18.0 Å². The number of urea groups is 1. The number of para-hydroxylation sites is 1. The van der Waals surface area contributed by atoms with E-state index in [1.54, 1.807) is 11.1 Å². The van der Waals surface area contributed by atoms with Crippen LogP contribution in [0.15, 0.2) is 53.5 Å². The van der Waals surface area contributed by atoms with Crippen LogP contribution >= 0.6 is 0 Å². The zero-order chi connectivity index (χ0) is 19.5. The molecule has 2 aromatic rings. The van der Waals surface area contributed by atoms with Gasteiger partial charge in [0.25, 0.3) is 5.91 Å². The molecular formula is C22H24N4O2. The highest BCUT2D eigenvalue weighted by atomic mass is 16.2. The van der Waals surface area contributed by atoms with Crippen molar-refractivity contribution in [3.8, 4) is 0 Å². The van der Waals surface area contributed by atoms with E-state index in [0.29, 0.717) is 11.4 Å². The summed E-state index contributed by atoms with van der Waals surface area (Å²) < 4.78 is 0. The molecule has 1 fully saturated rings. The fourth-order valence-electron chi connectivity index (χ4n) is 3.91. The first-order valence-corrected chi connectivity index (χ1v) is 9.71. The lowest BCUT2D eigenvalue weighted by molar-refractivity contribution is -0.120. The molecule has 0 bridgehead atoms. The Bertz CT molecular complexity index is 918. The van der Waals surface area contributed by atoms with Crippen LogP contribution in [0.2, 0.25) is 0 Å². The molecule has 144 valence electrons. The van der Waals surface area contributed by atoms with Crippen LogP contribution in [0.25, 0.3) is 0 Å². The summed E-state index contributed by atoms with van der Waals surface area (Å²) in [4.78, 5) is 32.3. The number of nitrogens with zero attached hydrogens (tertiary/aromatic N) is 2. The highest BCUT2D eigenvalue weighted by molar-refractivity contribution is 6.05. The van der Waals surface area contributed by atoms with Crippen molar-refractivity contribution in [2.75, 3.05) is 10.6 Å². The summed E-state index contributed by atoms with van der Waals surface area (Å²) >= 11 is 0. The molecule has 0 saturated heterocycles. The third-order valence-electron chi connectivity index (χ3n) is 5.29. The quantitative estimate of drug-likeness (QED) is 0.844. The first kappa shape index (κ1) is 18.2. The van der Waals surface area contributed by atoms with Gasteiger partial charge in [0.2, 0.25) is 6.17 Å². The van der Waals surface area contributed by atoms with Gasteiger partial charge in [-0.2, -0.15) is 0 Å². The summed E-state index contributed by atoms with van der Waals surface area (Å²) in [5.41, 5.74) is 3.33. The van der Waals surface area contributed by atoms with Gasteiger partial charge in [-0.25, -0.2) is 4.79 Å². The van der Waals surface area contributed by atoms with Crippen molar-refractivity contribution in [2.24, 2.45) is 4.99 Å². The molecule has 0 spiro atoms. The third kappa shape index (κ3) is 3.76. The average molecular weight is 376 g/mol. The van der Waals surface area contributed by atoms with Crippen LogP contribution in [0, 0.1) is 6.92 Å². The Morgan fingerprint density at radius 1 is 1.14 bits per heavy atom. The summed E-state index contributed by atoms with van der Waals surface area (Å²) in [6.45, 7) is 1.98. The predicted octanol–water partition coefficient (Wildman–Crippen LogP) is 4.17.